The van der Waals surface area contributed by atoms with Crippen LogP contribution in [0.3, 0.4) is 0 Å². The Hall–Kier alpha value is -1.31. The van der Waals surface area contributed by atoms with Crippen molar-refractivity contribution in [2.75, 3.05) is 6.61 Å². The van der Waals surface area contributed by atoms with Gasteiger partial charge in [-0.3, -0.25) is 4.79 Å². The number of benzene rings is 1. The van der Waals surface area contributed by atoms with Gasteiger partial charge in [0.15, 0.2) is 5.78 Å². The van der Waals surface area contributed by atoms with Crippen LogP contribution in [-0.4, -0.2) is 62.3 Å². The number of rotatable bonds is 6. The smallest absolute Gasteiger partial charge is 0.194 e. The Balaban J connectivity index is 2.75. The van der Waals surface area contributed by atoms with Crippen molar-refractivity contribution in [1.29, 1.82) is 0 Å². The molecule has 4 atom stereocenters. The summed E-state index contributed by atoms with van der Waals surface area (Å²) in [7, 11) is 0. The van der Waals surface area contributed by atoms with Gasteiger partial charge in [-0.1, -0.05) is 30.3 Å². The van der Waals surface area contributed by atoms with Crippen LogP contribution in [0.5, 0.6) is 0 Å². The van der Waals surface area contributed by atoms with Crippen molar-refractivity contribution in [1.82, 2.24) is 0 Å². The van der Waals surface area contributed by atoms with Crippen molar-refractivity contribution in [2.45, 2.75) is 24.4 Å². The molecule has 0 amide bonds. The molecule has 1 aromatic rings. The predicted molar refractivity (Wildman–Crippen MR) is 61.9 cm³/mol. The number of carbonyl (C=O) groups is 1. The number of Topliss-reactive ketones (excluding diaryl/α,β-unsaturated/α-hetero) is 1. The number of aliphatic hydroxyl groups is 5. The fourth-order valence-corrected chi connectivity index (χ4v) is 1.45. The minimum Gasteiger partial charge on any atom is -0.394 e. The molecule has 1 rings (SSSR count). The van der Waals surface area contributed by atoms with E-state index >= 15 is 0 Å². The summed E-state index contributed by atoms with van der Waals surface area (Å²) in [4.78, 5) is 11.7. The van der Waals surface area contributed by atoms with Crippen LogP contribution in [-0.2, 0) is 0 Å². The Kier molecular flexibility index (Phi) is 5.39. The summed E-state index contributed by atoms with van der Waals surface area (Å²) >= 11 is 0. The summed E-state index contributed by atoms with van der Waals surface area (Å²) in [6.45, 7) is -0.787. The normalized spacial score (nSPS) is 17.8. The molecular weight excluding hydrogens is 240 g/mol. The summed E-state index contributed by atoms with van der Waals surface area (Å²) in [6.07, 6.45) is -7.18. The Bertz CT molecular complexity index is 379. The van der Waals surface area contributed by atoms with Crippen LogP contribution in [0.25, 0.3) is 0 Å². The Labute approximate surface area is 104 Å². The van der Waals surface area contributed by atoms with Crippen molar-refractivity contribution < 1.29 is 30.3 Å². The van der Waals surface area contributed by atoms with Gasteiger partial charge in [-0.25, -0.2) is 0 Å². The minimum absolute atomic E-state index is 0.176. The zero-order chi connectivity index (χ0) is 13.7. The first-order valence-corrected chi connectivity index (χ1v) is 5.41. The molecule has 18 heavy (non-hydrogen) atoms. The molecule has 6 nitrogen and oxygen atoms in total. The van der Waals surface area contributed by atoms with Gasteiger partial charge in [-0.2, -0.15) is 0 Å². The average molecular weight is 256 g/mol. The minimum atomic E-state index is -1.88. The zero-order valence-electron chi connectivity index (χ0n) is 9.55. The van der Waals surface area contributed by atoms with Gasteiger partial charge < -0.3 is 25.5 Å². The maximum absolute atomic E-state index is 11.7. The second-order valence-electron chi connectivity index (χ2n) is 3.91. The van der Waals surface area contributed by atoms with Gasteiger partial charge in [0.1, 0.15) is 24.4 Å². The van der Waals surface area contributed by atoms with Crippen molar-refractivity contribution in [3.63, 3.8) is 0 Å². The number of hydrogen-bond acceptors (Lipinski definition) is 6. The first kappa shape index (κ1) is 14.7. The summed E-state index contributed by atoms with van der Waals surface area (Å²) in [5.41, 5.74) is 0.176. The van der Waals surface area contributed by atoms with Gasteiger partial charge in [0, 0.05) is 5.56 Å². The van der Waals surface area contributed by atoms with E-state index in [1.54, 1.807) is 18.2 Å². The van der Waals surface area contributed by atoms with Gasteiger partial charge in [-0.15, -0.1) is 0 Å². The van der Waals surface area contributed by atoms with E-state index in [1.165, 1.54) is 12.1 Å². The highest BCUT2D eigenvalue weighted by atomic mass is 16.4. The second kappa shape index (κ2) is 6.58. The van der Waals surface area contributed by atoms with Crippen LogP contribution in [0, 0.1) is 0 Å². The van der Waals surface area contributed by atoms with Crippen LogP contribution in [0.1, 0.15) is 10.4 Å². The number of hydrogen-bond donors (Lipinski definition) is 5. The first-order chi connectivity index (χ1) is 8.49. The average Bonchev–Trinajstić information content (AvgIpc) is 2.44. The highest BCUT2D eigenvalue weighted by Gasteiger charge is 2.34. The molecule has 6 heteroatoms. The van der Waals surface area contributed by atoms with Crippen LogP contribution in [0.15, 0.2) is 30.3 Å². The predicted octanol–water partition coefficient (Wildman–Crippen LogP) is -1.69. The van der Waals surface area contributed by atoms with Crippen LogP contribution in [0.4, 0.5) is 0 Å². The molecule has 0 aliphatic carbocycles. The van der Waals surface area contributed by atoms with E-state index in [4.69, 9.17) is 10.2 Å². The topological polar surface area (TPSA) is 118 Å². The molecule has 0 bridgehead atoms. The monoisotopic (exact) mass is 256 g/mol. The molecular formula is C12H16O6. The Morgan fingerprint density at radius 1 is 1.00 bits per heavy atom. The molecule has 0 unspecified atom stereocenters. The quantitative estimate of drug-likeness (QED) is 0.387. The Morgan fingerprint density at radius 3 is 2.06 bits per heavy atom. The van der Waals surface area contributed by atoms with Crippen LogP contribution in [0.2, 0.25) is 0 Å². The third-order valence-electron chi connectivity index (χ3n) is 2.58. The van der Waals surface area contributed by atoms with E-state index in [1.807, 2.05) is 0 Å². The highest BCUT2D eigenvalue weighted by molar-refractivity contribution is 5.99. The molecule has 0 saturated heterocycles. The lowest BCUT2D eigenvalue weighted by molar-refractivity contribution is -0.105. The van der Waals surface area contributed by atoms with E-state index in [2.05, 4.69) is 0 Å². The van der Waals surface area contributed by atoms with E-state index < -0.39 is 36.8 Å². The number of carbonyl (C=O) groups excluding carboxylic acids is 1. The fourth-order valence-electron chi connectivity index (χ4n) is 1.45. The lowest BCUT2D eigenvalue weighted by atomic mass is 9.97. The largest absolute Gasteiger partial charge is 0.394 e. The highest BCUT2D eigenvalue weighted by Crippen LogP contribution is 2.11. The maximum Gasteiger partial charge on any atom is 0.194 e. The fraction of sp³-hybridized carbons (Fsp3) is 0.417. The molecule has 0 heterocycles. The van der Waals surface area contributed by atoms with Gasteiger partial charge in [0.25, 0.3) is 0 Å². The molecule has 0 aliphatic rings. The van der Waals surface area contributed by atoms with Gasteiger partial charge >= 0.3 is 0 Å². The second-order valence-corrected chi connectivity index (χ2v) is 3.91. The summed E-state index contributed by atoms with van der Waals surface area (Å²) in [5, 5.41) is 46.2. The van der Waals surface area contributed by atoms with Gasteiger partial charge in [-0.05, 0) is 0 Å². The lowest BCUT2D eigenvalue weighted by Gasteiger charge is -2.24. The molecule has 0 fully saturated rings. The molecule has 0 aromatic heterocycles. The molecule has 1 aromatic carbocycles. The molecule has 0 aliphatic heterocycles. The maximum atomic E-state index is 11.7. The number of ketones is 1. The summed E-state index contributed by atoms with van der Waals surface area (Å²) in [6, 6.07) is 7.76. The van der Waals surface area contributed by atoms with Crippen molar-refractivity contribution in [2.24, 2.45) is 0 Å². The van der Waals surface area contributed by atoms with Gasteiger partial charge in [0.2, 0.25) is 0 Å². The van der Waals surface area contributed by atoms with E-state index in [0.29, 0.717) is 0 Å². The summed E-state index contributed by atoms with van der Waals surface area (Å²) in [5.74, 6) is -0.771. The van der Waals surface area contributed by atoms with E-state index in [0.717, 1.165) is 0 Å². The van der Waals surface area contributed by atoms with E-state index in [9.17, 15) is 20.1 Å². The van der Waals surface area contributed by atoms with Crippen molar-refractivity contribution >= 4 is 5.78 Å². The molecule has 5 N–H and O–H groups in total. The summed E-state index contributed by atoms with van der Waals surface area (Å²) < 4.78 is 0. The van der Waals surface area contributed by atoms with Crippen molar-refractivity contribution in [3.05, 3.63) is 35.9 Å². The molecule has 0 radical (unpaired) electrons. The molecule has 100 valence electrons. The van der Waals surface area contributed by atoms with E-state index in [-0.39, 0.29) is 5.56 Å². The van der Waals surface area contributed by atoms with Crippen molar-refractivity contribution in [3.8, 4) is 0 Å². The SMILES string of the molecule is O=C(c1ccccc1)[C@H](O)[C@@H](O)[C@@H](O)[C@H](O)CO. The Morgan fingerprint density at radius 2 is 1.56 bits per heavy atom. The zero-order valence-corrected chi connectivity index (χ0v) is 9.55. The third-order valence-corrected chi connectivity index (χ3v) is 2.58. The molecule has 0 saturated carbocycles. The third kappa shape index (κ3) is 3.34. The number of aliphatic hydroxyl groups excluding tert-OH is 5. The standard InChI is InChI=1S/C12H16O6/c13-6-8(14)10(16)12(18)11(17)9(15)7-4-2-1-3-5-7/h1-5,8,10-14,16-18H,6H2/t8-,10+,11+,12+/m1/s1. The van der Waals surface area contributed by atoms with Crippen LogP contribution >= 0.6 is 0 Å². The molecule has 0 spiro atoms. The lowest BCUT2D eigenvalue weighted by Crippen LogP contribution is -2.48. The van der Waals surface area contributed by atoms with Gasteiger partial charge in [0.05, 0.1) is 6.61 Å². The van der Waals surface area contributed by atoms with Crippen LogP contribution < -0.4 is 0 Å². The first-order valence-electron chi connectivity index (χ1n) is 5.41.